The van der Waals surface area contributed by atoms with Gasteiger partial charge in [-0.3, -0.25) is 9.36 Å². The summed E-state index contributed by atoms with van der Waals surface area (Å²) >= 11 is 1.58. The van der Waals surface area contributed by atoms with Crippen LogP contribution in [0, 0.1) is 5.82 Å². The number of hydrogen-bond donors (Lipinski definition) is 0. The van der Waals surface area contributed by atoms with Crippen LogP contribution in [0.3, 0.4) is 0 Å². The minimum Gasteiger partial charge on any atom is -0.315 e. The van der Waals surface area contributed by atoms with Crippen molar-refractivity contribution in [2.45, 2.75) is 30.6 Å². The van der Waals surface area contributed by atoms with E-state index in [-0.39, 0.29) is 22.1 Å². The van der Waals surface area contributed by atoms with Gasteiger partial charge in [-0.25, -0.2) is 19.3 Å². The lowest BCUT2D eigenvalue weighted by Crippen LogP contribution is -2.22. The van der Waals surface area contributed by atoms with Gasteiger partial charge >= 0.3 is 6.18 Å². The number of fused-ring (bicyclic) bond motifs is 1. The predicted octanol–water partition coefficient (Wildman–Crippen LogP) is 4.51. The first kappa shape index (κ1) is 20.5. The van der Waals surface area contributed by atoms with Crippen LogP contribution < -0.4 is 5.56 Å². The minimum absolute atomic E-state index is 0.0754. The Morgan fingerprint density at radius 3 is 2.53 bits per heavy atom. The van der Waals surface area contributed by atoms with Crippen molar-refractivity contribution in [2.24, 2.45) is 0 Å². The lowest BCUT2D eigenvalue weighted by atomic mass is 10.3. The van der Waals surface area contributed by atoms with Crippen LogP contribution >= 0.6 is 23.1 Å². The molecule has 4 aromatic rings. The van der Waals surface area contributed by atoms with Crippen molar-refractivity contribution >= 4 is 34.3 Å². The summed E-state index contributed by atoms with van der Waals surface area (Å²) in [6, 6.07) is 5.27. The van der Waals surface area contributed by atoms with Crippen LogP contribution in [0.2, 0.25) is 0 Å². The highest BCUT2D eigenvalue weighted by atomic mass is 32.2. The van der Waals surface area contributed by atoms with Crippen LogP contribution in [-0.4, -0.2) is 24.1 Å². The van der Waals surface area contributed by atoms with E-state index < -0.39 is 22.6 Å². The topological polar surface area (TPSA) is 65.6 Å². The lowest BCUT2D eigenvalue weighted by molar-refractivity contribution is -0.137. The van der Waals surface area contributed by atoms with E-state index in [0.29, 0.717) is 29.2 Å². The summed E-state index contributed by atoms with van der Waals surface area (Å²) < 4.78 is 54.7. The molecule has 0 spiro atoms. The van der Waals surface area contributed by atoms with E-state index in [9.17, 15) is 22.4 Å². The summed E-state index contributed by atoms with van der Waals surface area (Å²) in [5.74, 6) is -0.390. The molecular weight excluding hydrogens is 442 g/mol. The summed E-state index contributed by atoms with van der Waals surface area (Å²) in [5.41, 5.74) is 0.673. The summed E-state index contributed by atoms with van der Waals surface area (Å²) in [4.78, 5) is 25.4. The number of halogens is 4. The molecule has 0 saturated heterocycles. The number of hydrogen-bond acceptors (Lipinski definition) is 6. The molecule has 0 atom stereocenters. The standard InChI is InChI=1S/C18H13F4N5OS2/c1-2-26-9-23-13-14(26)25-17(27(15(13)28)12-5-3-10(19)4-6-12)30-8-11-7-29-16(24-11)18(20,21)22/h3-7,9H,2,8H2,1H3. The SMILES string of the molecule is CCn1cnc2c(=O)n(-c3ccc(F)cc3)c(SCc3csc(C(F)(F)F)n3)nc21. The maximum Gasteiger partial charge on any atom is 0.443 e. The highest BCUT2D eigenvalue weighted by Crippen LogP contribution is 2.33. The maximum atomic E-state index is 13.4. The van der Waals surface area contributed by atoms with Gasteiger partial charge in [0, 0.05) is 17.7 Å². The van der Waals surface area contributed by atoms with E-state index in [2.05, 4.69) is 15.0 Å². The molecule has 30 heavy (non-hydrogen) atoms. The molecule has 12 heteroatoms. The Morgan fingerprint density at radius 1 is 1.17 bits per heavy atom. The fourth-order valence-electron chi connectivity index (χ4n) is 2.77. The Hall–Kier alpha value is -2.73. The van der Waals surface area contributed by atoms with E-state index in [1.807, 2.05) is 6.92 Å². The van der Waals surface area contributed by atoms with Crippen LogP contribution in [0.5, 0.6) is 0 Å². The Balaban J connectivity index is 1.78. The maximum absolute atomic E-state index is 13.4. The first-order valence-corrected chi connectivity index (χ1v) is 10.5. The lowest BCUT2D eigenvalue weighted by Gasteiger charge is -2.12. The zero-order valence-electron chi connectivity index (χ0n) is 15.4. The average Bonchev–Trinajstić information content (AvgIpc) is 3.34. The zero-order chi connectivity index (χ0) is 21.5. The molecule has 0 radical (unpaired) electrons. The van der Waals surface area contributed by atoms with Gasteiger partial charge in [0.2, 0.25) is 0 Å². The summed E-state index contributed by atoms with van der Waals surface area (Å²) in [7, 11) is 0. The largest absolute Gasteiger partial charge is 0.443 e. The van der Waals surface area contributed by atoms with Crippen molar-refractivity contribution in [1.82, 2.24) is 24.1 Å². The van der Waals surface area contributed by atoms with Gasteiger partial charge in [-0.1, -0.05) is 11.8 Å². The third kappa shape index (κ3) is 3.84. The number of aromatic nitrogens is 5. The molecule has 0 aliphatic carbocycles. The van der Waals surface area contributed by atoms with Crippen LogP contribution in [0.1, 0.15) is 17.6 Å². The second-order valence-electron chi connectivity index (χ2n) is 6.14. The zero-order valence-corrected chi connectivity index (χ0v) is 17.0. The van der Waals surface area contributed by atoms with E-state index in [1.165, 1.54) is 40.5 Å². The second-order valence-corrected chi connectivity index (χ2v) is 7.95. The Morgan fingerprint density at radius 2 is 1.90 bits per heavy atom. The van der Waals surface area contributed by atoms with Crippen molar-refractivity contribution < 1.29 is 17.6 Å². The number of nitrogens with zero attached hydrogens (tertiary/aromatic N) is 5. The van der Waals surface area contributed by atoms with Crippen molar-refractivity contribution in [3.05, 3.63) is 62.8 Å². The molecule has 3 aromatic heterocycles. The smallest absolute Gasteiger partial charge is 0.315 e. The Bertz CT molecular complexity index is 1260. The molecule has 0 amide bonds. The third-order valence-corrected chi connectivity index (χ3v) is 6.09. The first-order valence-electron chi connectivity index (χ1n) is 8.66. The molecule has 0 aliphatic heterocycles. The van der Waals surface area contributed by atoms with Gasteiger partial charge in [0.05, 0.1) is 17.7 Å². The van der Waals surface area contributed by atoms with Gasteiger partial charge in [-0.2, -0.15) is 13.2 Å². The van der Waals surface area contributed by atoms with Crippen LogP contribution in [0.15, 0.2) is 45.9 Å². The normalized spacial score (nSPS) is 12.0. The van der Waals surface area contributed by atoms with Crippen molar-refractivity contribution in [1.29, 1.82) is 0 Å². The molecule has 0 fully saturated rings. The molecule has 0 unspecified atom stereocenters. The van der Waals surface area contributed by atoms with Crippen LogP contribution in [-0.2, 0) is 18.5 Å². The quantitative estimate of drug-likeness (QED) is 0.252. The van der Waals surface area contributed by atoms with E-state index in [4.69, 9.17) is 0 Å². The molecule has 0 bridgehead atoms. The first-order chi connectivity index (χ1) is 14.3. The highest BCUT2D eigenvalue weighted by Gasteiger charge is 2.34. The van der Waals surface area contributed by atoms with E-state index in [1.54, 1.807) is 4.57 Å². The van der Waals surface area contributed by atoms with Gasteiger partial charge in [-0.15, -0.1) is 11.3 Å². The van der Waals surface area contributed by atoms with Gasteiger partial charge in [0.1, 0.15) is 5.82 Å². The monoisotopic (exact) mass is 455 g/mol. The van der Waals surface area contributed by atoms with Gasteiger partial charge < -0.3 is 4.57 Å². The molecule has 0 saturated carbocycles. The van der Waals surface area contributed by atoms with Crippen LogP contribution in [0.25, 0.3) is 16.9 Å². The Kier molecular flexibility index (Phi) is 5.36. The van der Waals surface area contributed by atoms with Crippen molar-refractivity contribution in [2.75, 3.05) is 0 Å². The van der Waals surface area contributed by atoms with Gasteiger partial charge in [-0.05, 0) is 31.2 Å². The summed E-state index contributed by atoms with van der Waals surface area (Å²) in [6.45, 7) is 2.41. The minimum atomic E-state index is -4.51. The van der Waals surface area contributed by atoms with Crippen molar-refractivity contribution in [3.8, 4) is 5.69 Å². The molecule has 0 N–H and O–H groups in total. The molecule has 6 nitrogen and oxygen atoms in total. The molecule has 0 aliphatic rings. The molecule has 4 rings (SSSR count). The number of thioether (sulfide) groups is 1. The molecule has 3 heterocycles. The highest BCUT2D eigenvalue weighted by molar-refractivity contribution is 7.98. The average molecular weight is 455 g/mol. The van der Waals surface area contributed by atoms with Crippen molar-refractivity contribution in [3.63, 3.8) is 0 Å². The summed E-state index contributed by atoms with van der Waals surface area (Å²) in [6.07, 6.45) is -3.01. The predicted molar refractivity (Wildman–Crippen MR) is 105 cm³/mol. The number of aryl methyl sites for hydroxylation is 1. The van der Waals surface area contributed by atoms with Gasteiger partial charge in [0.15, 0.2) is 21.3 Å². The number of rotatable bonds is 5. The fraction of sp³-hybridized carbons (Fsp3) is 0.222. The Labute approximate surface area is 175 Å². The fourth-order valence-corrected chi connectivity index (χ4v) is 4.45. The number of imidazole rings is 1. The number of thiazole rings is 1. The second kappa shape index (κ2) is 7.84. The van der Waals surface area contributed by atoms with Crippen LogP contribution in [0.4, 0.5) is 17.6 Å². The summed E-state index contributed by atoms with van der Waals surface area (Å²) in [5, 5.41) is 0.641. The molecular formula is C18H13F4N5OS2. The number of benzene rings is 1. The van der Waals surface area contributed by atoms with E-state index >= 15 is 0 Å². The third-order valence-electron chi connectivity index (χ3n) is 4.18. The van der Waals surface area contributed by atoms with Gasteiger partial charge in [0.25, 0.3) is 5.56 Å². The molecule has 156 valence electrons. The molecule has 1 aromatic carbocycles. The van der Waals surface area contributed by atoms with E-state index in [0.717, 1.165) is 11.8 Å². The number of alkyl halides is 3.